The number of para-hydroxylation sites is 9. The maximum atomic E-state index is 5.17. The number of hydrogen-bond acceptors (Lipinski definition) is 5. The molecule has 0 atom stereocenters. The molecule has 10 heterocycles. The van der Waals surface area contributed by atoms with Crippen LogP contribution in [-0.2, 0) is 0 Å². The maximum Gasteiger partial charge on any atom is 0.0973 e. The van der Waals surface area contributed by atoms with Gasteiger partial charge in [-0.3, -0.25) is 0 Å². The Morgan fingerprint density at radius 1 is 0.144 bits per heavy atom. The first-order chi connectivity index (χ1) is 68.9. The van der Waals surface area contributed by atoms with E-state index >= 15 is 0 Å². The molecule has 0 spiro atoms. The van der Waals surface area contributed by atoms with E-state index in [2.05, 4.69) is 470 Å². The van der Waals surface area contributed by atoms with Gasteiger partial charge in [0.25, 0.3) is 0 Å². The van der Waals surface area contributed by atoms with Crippen molar-refractivity contribution in [2.45, 2.75) is 0 Å². The Morgan fingerprint density at radius 3 is 0.899 bits per heavy atom. The Balaban J connectivity index is 0.000000102. The van der Waals surface area contributed by atoms with Crippen molar-refractivity contribution in [3.05, 3.63) is 473 Å². The van der Waals surface area contributed by atoms with Crippen LogP contribution in [0.2, 0.25) is 0 Å². The molecule has 0 saturated heterocycles. The van der Waals surface area contributed by atoms with Crippen LogP contribution in [0.25, 0.3) is 270 Å². The van der Waals surface area contributed by atoms with E-state index in [-0.39, 0.29) is 0 Å². The fourth-order valence-corrected chi connectivity index (χ4v) is 25.8. The van der Waals surface area contributed by atoms with Gasteiger partial charge in [-0.1, -0.05) is 285 Å². The van der Waals surface area contributed by atoms with E-state index in [9.17, 15) is 0 Å². The third-order valence-corrected chi connectivity index (χ3v) is 31.9. The average Bonchev–Trinajstić information content (AvgIpc) is 1.54. The molecular formula is C128H78N8S3. The van der Waals surface area contributed by atoms with Crippen LogP contribution in [0.5, 0.6) is 0 Å². The molecule has 21 aromatic carbocycles. The van der Waals surface area contributed by atoms with Crippen molar-refractivity contribution in [1.82, 2.24) is 37.4 Å². The van der Waals surface area contributed by atoms with Crippen LogP contribution in [0.3, 0.4) is 0 Å². The van der Waals surface area contributed by atoms with Gasteiger partial charge in [-0.15, -0.1) is 34.0 Å². The summed E-state index contributed by atoms with van der Waals surface area (Å²) in [5.41, 5.74) is 29.6. The zero-order valence-electron chi connectivity index (χ0n) is 74.8. The third-order valence-electron chi connectivity index (χ3n) is 28.5. The summed E-state index contributed by atoms with van der Waals surface area (Å²) in [4.78, 5) is 10.3. The SMILES string of the molecule is c1ccc(-c2cccc(-n3c4ccccc4c4cc5c6cc7sc8ccccc8c7cc6n(-c6ccccc6)c5cc43)c2)cc1.c1ccc(-c2nc3ccccc3nc2-c2ccc(-n3c4ccccc4c4cc5c6c7sc8ccccc8c7ccc6n(-c6ccccc6)c5cc43)cc2)cc1.c1ccc(-n2c3ccccc3c3cc4c5cc6sc7ccccc7c6cc5n(-c5ccccc5)c4cc32)cc1. The number of aromatic nitrogens is 8. The molecule has 11 heteroatoms. The minimum Gasteiger partial charge on any atom is -0.309 e. The lowest BCUT2D eigenvalue weighted by molar-refractivity contribution is 1.16. The van der Waals surface area contributed by atoms with Gasteiger partial charge in [-0.2, -0.15) is 0 Å². The van der Waals surface area contributed by atoms with Gasteiger partial charge in [0.2, 0.25) is 0 Å². The molecule has 31 aromatic rings. The van der Waals surface area contributed by atoms with E-state index < -0.39 is 0 Å². The molecule has 10 aromatic heterocycles. The van der Waals surface area contributed by atoms with E-state index in [1.165, 1.54) is 220 Å². The van der Waals surface area contributed by atoms with Crippen LogP contribution in [0.15, 0.2) is 473 Å². The molecule has 139 heavy (non-hydrogen) atoms. The summed E-state index contributed by atoms with van der Waals surface area (Å²) in [6.07, 6.45) is 0. The highest BCUT2D eigenvalue weighted by molar-refractivity contribution is 7.27. The van der Waals surface area contributed by atoms with Gasteiger partial charge in [-0.25, -0.2) is 9.97 Å². The quantitative estimate of drug-likeness (QED) is 0.145. The summed E-state index contributed by atoms with van der Waals surface area (Å²) in [6, 6.07) is 171. The molecule has 0 aliphatic rings. The zero-order chi connectivity index (χ0) is 91.0. The van der Waals surface area contributed by atoms with Crippen molar-refractivity contribution in [3.63, 3.8) is 0 Å². The predicted octanol–water partition coefficient (Wildman–Crippen LogP) is 35.7. The summed E-state index contributed by atoms with van der Waals surface area (Å²) in [5.74, 6) is 0. The smallest absolute Gasteiger partial charge is 0.0973 e. The second-order valence-corrected chi connectivity index (χ2v) is 39.4. The standard InChI is InChI=1S/C50H30N4S.C42H26N2S.C36H22N2S/c1-3-13-31(14-4-1)48-49(52-41-20-10-9-19-40(41)51-48)32-23-25-34(26-24-32)53-42-21-11-7-17-35(42)38-29-39-45(30-44(38)53)54(33-15-5-2-6-16-33)43-28-27-37-36-18-8-12-22-46(36)55-50(37)47(39)43;1-3-12-27(13-4-1)28-14-11-17-30(22-28)44-37-20-9-7-18-31(37)33-23-34-35-25-42-36(32-19-8-10-21-41(32)45-42)24-38(35)43(40(34)26-39(33)44)29-15-5-2-6-16-29;1-3-11-23(12-4-1)37-31-17-9-7-15-25(31)27-19-28-29-21-36-30(26-16-8-10-18-35(26)39-36)20-32(29)38(34(28)22-33(27)37)24-13-5-2-6-14-24/h1-30H;1-26H;1-22H. The molecule has 0 radical (unpaired) electrons. The first-order valence-electron chi connectivity index (χ1n) is 47.2. The van der Waals surface area contributed by atoms with Crippen LogP contribution in [0.4, 0.5) is 0 Å². The molecule has 0 bridgehead atoms. The summed E-state index contributed by atoms with van der Waals surface area (Å²) >= 11 is 5.67. The highest BCUT2D eigenvalue weighted by atomic mass is 32.1. The fraction of sp³-hybridized carbons (Fsp3) is 0. The second-order valence-electron chi connectivity index (χ2n) is 36.2. The van der Waals surface area contributed by atoms with E-state index in [1.807, 2.05) is 64.3 Å². The molecule has 8 nitrogen and oxygen atoms in total. The minimum absolute atomic E-state index is 0.875. The monoisotopic (exact) mass is 1820 g/mol. The largest absolute Gasteiger partial charge is 0.309 e. The molecule has 648 valence electrons. The number of fused-ring (bicyclic) bond motifs is 29. The highest BCUT2D eigenvalue weighted by Crippen LogP contribution is 2.51. The van der Waals surface area contributed by atoms with Crippen molar-refractivity contribution in [2.24, 2.45) is 0 Å². The van der Waals surface area contributed by atoms with E-state index in [0.717, 1.165) is 50.6 Å². The van der Waals surface area contributed by atoms with E-state index in [0.29, 0.717) is 0 Å². The molecule has 0 fully saturated rings. The Hall–Kier alpha value is -17.6. The summed E-state index contributed by atoms with van der Waals surface area (Å²) in [7, 11) is 0. The Labute approximate surface area is 808 Å². The molecule has 0 N–H and O–H groups in total. The Morgan fingerprint density at radius 2 is 0.446 bits per heavy atom. The maximum absolute atomic E-state index is 5.17. The Kier molecular flexibility index (Phi) is 17.9. The number of hydrogen-bond donors (Lipinski definition) is 0. The molecule has 0 unspecified atom stereocenters. The highest BCUT2D eigenvalue weighted by Gasteiger charge is 2.27. The molecule has 0 saturated carbocycles. The first-order valence-corrected chi connectivity index (χ1v) is 49.7. The third kappa shape index (κ3) is 12.4. The lowest BCUT2D eigenvalue weighted by atomic mass is 10.0. The van der Waals surface area contributed by atoms with Crippen LogP contribution in [0.1, 0.15) is 0 Å². The minimum atomic E-state index is 0.875. The van der Waals surface area contributed by atoms with Crippen LogP contribution >= 0.6 is 34.0 Å². The Bertz CT molecular complexity index is 10500. The van der Waals surface area contributed by atoms with Crippen molar-refractivity contribution in [1.29, 1.82) is 0 Å². The first kappa shape index (κ1) is 78.9. The van der Waals surface area contributed by atoms with Gasteiger partial charge in [0.1, 0.15) is 0 Å². The van der Waals surface area contributed by atoms with E-state index in [1.54, 1.807) is 0 Å². The van der Waals surface area contributed by atoms with Crippen LogP contribution in [-0.4, -0.2) is 37.4 Å². The summed E-state index contributed by atoms with van der Waals surface area (Å²) in [5, 5.41) is 23.2. The number of nitrogens with zero attached hydrogens (tertiary/aromatic N) is 8. The number of thiophene rings is 3. The number of rotatable bonds is 9. The van der Waals surface area contributed by atoms with Gasteiger partial charge >= 0.3 is 0 Å². The second kappa shape index (κ2) is 31.5. The van der Waals surface area contributed by atoms with Gasteiger partial charge in [0, 0.05) is 170 Å². The zero-order valence-corrected chi connectivity index (χ0v) is 77.3. The molecule has 0 aliphatic carbocycles. The van der Waals surface area contributed by atoms with Crippen LogP contribution < -0.4 is 0 Å². The topological polar surface area (TPSA) is 55.4 Å². The van der Waals surface area contributed by atoms with Crippen molar-refractivity contribution < 1.29 is 0 Å². The predicted molar refractivity (Wildman–Crippen MR) is 593 cm³/mol. The molecule has 0 amide bonds. The summed E-state index contributed by atoms with van der Waals surface area (Å²) < 4.78 is 22.6. The van der Waals surface area contributed by atoms with Gasteiger partial charge in [-0.05, 0) is 199 Å². The van der Waals surface area contributed by atoms with Crippen molar-refractivity contribution >= 4 is 236 Å². The van der Waals surface area contributed by atoms with E-state index in [4.69, 9.17) is 9.97 Å². The van der Waals surface area contributed by atoms with Gasteiger partial charge in [0.15, 0.2) is 0 Å². The van der Waals surface area contributed by atoms with Gasteiger partial charge < -0.3 is 27.4 Å². The average molecular weight is 1820 g/mol. The fourth-order valence-electron chi connectivity index (χ4n) is 22.3. The lowest BCUT2D eigenvalue weighted by Crippen LogP contribution is -1.97. The molecule has 0 aliphatic heterocycles. The lowest BCUT2D eigenvalue weighted by Gasteiger charge is -2.13. The normalized spacial score (nSPS) is 12.0. The van der Waals surface area contributed by atoms with Crippen LogP contribution in [0, 0.1) is 0 Å². The molecule has 31 rings (SSSR count). The van der Waals surface area contributed by atoms with Gasteiger partial charge in [0.05, 0.1) is 88.6 Å². The molecular weight excluding hydrogens is 1750 g/mol. The summed E-state index contributed by atoms with van der Waals surface area (Å²) in [6.45, 7) is 0. The van der Waals surface area contributed by atoms with Crippen molar-refractivity contribution in [3.8, 4) is 67.8 Å². The van der Waals surface area contributed by atoms with Crippen molar-refractivity contribution in [2.75, 3.05) is 0 Å². The number of benzene rings is 21.